The summed E-state index contributed by atoms with van der Waals surface area (Å²) in [5, 5.41) is 9.57. The zero-order valence-electron chi connectivity index (χ0n) is 10.5. The minimum absolute atomic E-state index is 0.0422. The first-order chi connectivity index (χ1) is 6.56. The molecular formula is C12H27NO. The van der Waals surface area contributed by atoms with Gasteiger partial charge in [-0.1, -0.05) is 34.1 Å². The second-order valence-electron chi connectivity index (χ2n) is 4.40. The predicted molar refractivity (Wildman–Crippen MR) is 62.5 cm³/mol. The van der Waals surface area contributed by atoms with E-state index in [4.69, 9.17) is 0 Å². The van der Waals surface area contributed by atoms with Gasteiger partial charge in [0.25, 0.3) is 0 Å². The molecule has 0 fully saturated rings. The van der Waals surface area contributed by atoms with Crippen molar-refractivity contribution in [3.8, 4) is 0 Å². The van der Waals surface area contributed by atoms with Crippen LogP contribution in [0.25, 0.3) is 0 Å². The van der Waals surface area contributed by atoms with Crippen LogP contribution >= 0.6 is 0 Å². The molecule has 0 amide bonds. The number of nitrogens with zero attached hydrogens (tertiary/aromatic N) is 1. The zero-order chi connectivity index (χ0) is 11.2. The molecule has 0 aliphatic rings. The molecule has 0 radical (unpaired) electrons. The van der Waals surface area contributed by atoms with Gasteiger partial charge in [0, 0.05) is 5.54 Å². The van der Waals surface area contributed by atoms with Gasteiger partial charge in [-0.25, -0.2) is 0 Å². The van der Waals surface area contributed by atoms with Crippen LogP contribution in [0.2, 0.25) is 0 Å². The van der Waals surface area contributed by atoms with Crippen LogP contribution in [0.15, 0.2) is 0 Å². The number of rotatable bonds is 7. The molecule has 2 atom stereocenters. The first-order valence-corrected chi connectivity index (χ1v) is 5.92. The smallest absolute Gasteiger partial charge is 0.0615 e. The van der Waals surface area contributed by atoms with Crippen LogP contribution < -0.4 is 0 Å². The molecule has 0 rings (SSSR count). The molecule has 0 heterocycles. The maximum Gasteiger partial charge on any atom is 0.0615 e. The Morgan fingerprint density at radius 1 is 1.29 bits per heavy atom. The van der Waals surface area contributed by atoms with E-state index in [2.05, 4.69) is 39.5 Å². The van der Waals surface area contributed by atoms with E-state index in [1.165, 1.54) is 0 Å². The summed E-state index contributed by atoms with van der Waals surface area (Å²) >= 11 is 0. The summed E-state index contributed by atoms with van der Waals surface area (Å²) in [7, 11) is 0. The predicted octanol–water partition coefficient (Wildman–Crippen LogP) is 2.52. The summed E-state index contributed by atoms with van der Waals surface area (Å²) < 4.78 is 0. The third kappa shape index (κ3) is 2.96. The Labute approximate surface area is 89.3 Å². The number of aliphatic hydroxyl groups excluding tert-OH is 1. The van der Waals surface area contributed by atoms with Crippen molar-refractivity contribution in [3.63, 3.8) is 0 Å². The van der Waals surface area contributed by atoms with Crippen molar-refractivity contribution in [2.45, 2.75) is 53.0 Å². The third-order valence-corrected chi connectivity index (χ3v) is 3.59. The number of hydrogen-bond acceptors (Lipinski definition) is 2. The first-order valence-electron chi connectivity index (χ1n) is 5.92. The van der Waals surface area contributed by atoms with Crippen LogP contribution in [-0.4, -0.2) is 35.2 Å². The molecule has 1 N–H and O–H groups in total. The Bertz CT molecular complexity index is 149. The minimum atomic E-state index is -0.0422. The topological polar surface area (TPSA) is 23.5 Å². The molecule has 0 saturated carbocycles. The standard InChI is InChI=1S/C12H27NO/c1-6-9-13(8-3)12(5,10-14)11(4)7-2/h11,14H,6-10H2,1-5H3. The van der Waals surface area contributed by atoms with Gasteiger partial charge in [-0.3, -0.25) is 4.90 Å². The fourth-order valence-electron chi connectivity index (χ4n) is 2.05. The fourth-order valence-corrected chi connectivity index (χ4v) is 2.05. The molecule has 2 heteroatoms. The summed E-state index contributed by atoms with van der Waals surface area (Å²) in [6.45, 7) is 13.3. The van der Waals surface area contributed by atoms with Crippen LogP contribution in [0.1, 0.15) is 47.5 Å². The molecule has 0 saturated heterocycles. The highest BCUT2D eigenvalue weighted by molar-refractivity contribution is 4.89. The van der Waals surface area contributed by atoms with E-state index in [9.17, 15) is 5.11 Å². The molecule has 2 nitrogen and oxygen atoms in total. The van der Waals surface area contributed by atoms with Crippen molar-refractivity contribution >= 4 is 0 Å². The van der Waals surface area contributed by atoms with Crippen LogP contribution in [-0.2, 0) is 0 Å². The lowest BCUT2D eigenvalue weighted by Gasteiger charge is -2.43. The number of aliphatic hydroxyl groups is 1. The maximum absolute atomic E-state index is 9.57. The van der Waals surface area contributed by atoms with E-state index in [-0.39, 0.29) is 12.1 Å². The van der Waals surface area contributed by atoms with Crippen LogP contribution in [0.3, 0.4) is 0 Å². The molecule has 0 spiro atoms. The third-order valence-electron chi connectivity index (χ3n) is 3.59. The Hall–Kier alpha value is -0.0800. The van der Waals surface area contributed by atoms with Gasteiger partial charge in [0.1, 0.15) is 0 Å². The average molecular weight is 201 g/mol. The highest BCUT2D eigenvalue weighted by Gasteiger charge is 2.34. The van der Waals surface area contributed by atoms with Crippen molar-refractivity contribution in [1.82, 2.24) is 4.90 Å². The number of hydrogen-bond donors (Lipinski definition) is 1. The molecule has 0 aromatic rings. The van der Waals surface area contributed by atoms with Crippen molar-refractivity contribution in [2.75, 3.05) is 19.7 Å². The van der Waals surface area contributed by atoms with E-state index in [1.54, 1.807) is 0 Å². The van der Waals surface area contributed by atoms with E-state index in [0.29, 0.717) is 5.92 Å². The lowest BCUT2D eigenvalue weighted by Crippen LogP contribution is -2.53. The summed E-state index contributed by atoms with van der Waals surface area (Å²) in [4.78, 5) is 2.40. The molecule has 86 valence electrons. The van der Waals surface area contributed by atoms with Gasteiger partial charge < -0.3 is 5.11 Å². The molecule has 0 bridgehead atoms. The van der Waals surface area contributed by atoms with E-state index >= 15 is 0 Å². The van der Waals surface area contributed by atoms with Gasteiger partial charge in [0.05, 0.1) is 6.61 Å². The maximum atomic E-state index is 9.57. The van der Waals surface area contributed by atoms with Crippen LogP contribution in [0.4, 0.5) is 0 Å². The number of likely N-dealkylation sites (N-methyl/N-ethyl adjacent to an activating group) is 1. The summed E-state index contributed by atoms with van der Waals surface area (Å²) in [6, 6.07) is 0. The second kappa shape index (κ2) is 6.41. The Balaban J connectivity index is 4.60. The van der Waals surface area contributed by atoms with E-state index in [1.807, 2.05) is 0 Å². The SMILES string of the molecule is CCCN(CC)C(C)(CO)C(C)CC. The fraction of sp³-hybridized carbons (Fsp3) is 1.00. The van der Waals surface area contributed by atoms with Gasteiger partial charge in [-0.05, 0) is 32.4 Å². The summed E-state index contributed by atoms with van der Waals surface area (Å²) in [5.41, 5.74) is -0.0422. The van der Waals surface area contributed by atoms with Crippen LogP contribution in [0, 0.1) is 5.92 Å². The van der Waals surface area contributed by atoms with Gasteiger partial charge in [0.15, 0.2) is 0 Å². The molecule has 0 aliphatic carbocycles. The van der Waals surface area contributed by atoms with Gasteiger partial charge in [-0.15, -0.1) is 0 Å². The average Bonchev–Trinajstić information content (AvgIpc) is 2.23. The lowest BCUT2D eigenvalue weighted by molar-refractivity contribution is 0.00449. The monoisotopic (exact) mass is 201 g/mol. The molecule has 0 aliphatic heterocycles. The van der Waals surface area contributed by atoms with Gasteiger partial charge >= 0.3 is 0 Å². The lowest BCUT2D eigenvalue weighted by atomic mass is 9.84. The molecule has 0 aromatic carbocycles. The summed E-state index contributed by atoms with van der Waals surface area (Å²) in [5.74, 6) is 0.541. The van der Waals surface area contributed by atoms with E-state index in [0.717, 1.165) is 25.9 Å². The van der Waals surface area contributed by atoms with Crippen LogP contribution in [0.5, 0.6) is 0 Å². The molecule has 2 unspecified atom stereocenters. The molecular weight excluding hydrogens is 174 g/mol. The van der Waals surface area contributed by atoms with Gasteiger partial charge in [0.2, 0.25) is 0 Å². The van der Waals surface area contributed by atoms with Crippen molar-refractivity contribution in [3.05, 3.63) is 0 Å². The molecule has 0 aromatic heterocycles. The van der Waals surface area contributed by atoms with Gasteiger partial charge in [-0.2, -0.15) is 0 Å². The Morgan fingerprint density at radius 3 is 2.14 bits per heavy atom. The largest absolute Gasteiger partial charge is 0.394 e. The van der Waals surface area contributed by atoms with Crippen molar-refractivity contribution in [1.29, 1.82) is 0 Å². The molecule has 14 heavy (non-hydrogen) atoms. The van der Waals surface area contributed by atoms with E-state index < -0.39 is 0 Å². The highest BCUT2D eigenvalue weighted by atomic mass is 16.3. The van der Waals surface area contributed by atoms with Crippen molar-refractivity contribution in [2.24, 2.45) is 5.92 Å². The summed E-state index contributed by atoms with van der Waals surface area (Å²) in [6.07, 6.45) is 2.27. The van der Waals surface area contributed by atoms with Crippen molar-refractivity contribution < 1.29 is 5.11 Å². The quantitative estimate of drug-likeness (QED) is 0.684. The Morgan fingerprint density at radius 2 is 1.86 bits per heavy atom. The normalized spacial score (nSPS) is 18.2. The second-order valence-corrected chi connectivity index (χ2v) is 4.40. The zero-order valence-corrected chi connectivity index (χ0v) is 10.5. The minimum Gasteiger partial charge on any atom is -0.394 e. The highest BCUT2D eigenvalue weighted by Crippen LogP contribution is 2.26. The first kappa shape index (κ1) is 13.9. The Kier molecular flexibility index (Phi) is 6.38.